The summed E-state index contributed by atoms with van der Waals surface area (Å²) >= 11 is 12.8. The third-order valence-corrected chi connectivity index (χ3v) is 13.7. The maximum absolute atomic E-state index is 15.0. The molecule has 392 valence electrons. The van der Waals surface area contributed by atoms with Gasteiger partial charge in [-0.05, 0) is 87.5 Å². The Morgan fingerprint density at radius 1 is 1.03 bits per heavy atom. The number of likely N-dealkylation sites (N-methyl/N-ethyl adjacent to an activating group) is 2. The number of halogens is 6. The Balaban J connectivity index is 1.46. The van der Waals surface area contributed by atoms with Gasteiger partial charge in [-0.3, -0.25) is 38.4 Å². The molecule has 3 heterocycles. The average molecular weight is 1040 g/mol. The van der Waals surface area contributed by atoms with Crippen LogP contribution in [0.1, 0.15) is 107 Å². The molecule has 0 radical (unpaired) electrons. The Morgan fingerprint density at radius 2 is 1.73 bits per heavy atom. The second-order valence-corrected chi connectivity index (χ2v) is 19.8. The van der Waals surface area contributed by atoms with Crippen LogP contribution < -0.4 is 26.6 Å². The van der Waals surface area contributed by atoms with Gasteiger partial charge < -0.3 is 45.7 Å². The van der Waals surface area contributed by atoms with E-state index in [4.69, 9.17) is 27.6 Å². The Kier molecular flexibility index (Phi) is 19.7. The molecule has 2 aromatic rings. The van der Waals surface area contributed by atoms with Gasteiger partial charge >= 0.3 is 6.18 Å². The number of aromatic nitrogens is 1. The summed E-state index contributed by atoms with van der Waals surface area (Å²) in [5.41, 5.74) is -2.36. The molecular weight excluding hydrogens is 981 g/mol. The van der Waals surface area contributed by atoms with E-state index in [-0.39, 0.29) is 81.1 Å². The minimum absolute atomic E-state index is 0.00633. The summed E-state index contributed by atoms with van der Waals surface area (Å²) in [5.74, 6) is -6.84. The van der Waals surface area contributed by atoms with Crippen LogP contribution >= 0.6 is 23.2 Å². The molecule has 7 atom stereocenters. The van der Waals surface area contributed by atoms with Crippen LogP contribution in [0.2, 0.25) is 10.0 Å². The molecule has 0 spiro atoms. The molecule has 1 aliphatic carbocycles. The van der Waals surface area contributed by atoms with Gasteiger partial charge in [0.15, 0.2) is 12.1 Å². The highest BCUT2D eigenvalue weighted by Gasteiger charge is 2.70. The molecule has 18 nitrogen and oxygen atoms in total. The first-order chi connectivity index (χ1) is 33.5. The van der Waals surface area contributed by atoms with E-state index in [2.05, 4.69) is 31.6 Å². The number of carbonyl (C=O) groups is 8. The molecule has 3 fully saturated rings. The molecular formula is C47H63Cl2F4N9O9. The van der Waals surface area contributed by atoms with Crippen LogP contribution in [0.4, 0.5) is 17.6 Å². The van der Waals surface area contributed by atoms with Crippen LogP contribution in [0, 0.1) is 11.3 Å². The molecule has 2 aliphatic heterocycles. The number of hydrogen-bond acceptors (Lipinski definition) is 10. The number of nitrogens with zero attached hydrogens (tertiary/aromatic N) is 4. The summed E-state index contributed by atoms with van der Waals surface area (Å²) < 4.78 is 62.0. The molecule has 2 saturated heterocycles. The van der Waals surface area contributed by atoms with E-state index in [9.17, 15) is 55.9 Å². The predicted octanol–water partition coefficient (Wildman–Crippen LogP) is 4.27. The van der Waals surface area contributed by atoms with Crippen molar-refractivity contribution < 1.29 is 60.3 Å². The number of oxazole rings is 1. The summed E-state index contributed by atoms with van der Waals surface area (Å²) in [4.78, 5) is 118. The van der Waals surface area contributed by atoms with Gasteiger partial charge in [0, 0.05) is 50.1 Å². The molecule has 3 aliphatic rings. The van der Waals surface area contributed by atoms with Crippen molar-refractivity contribution in [2.45, 2.75) is 146 Å². The second kappa shape index (κ2) is 24.7. The van der Waals surface area contributed by atoms with E-state index in [1.807, 2.05) is 20.8 Å². The average Bonchev–Trinajstić information content (AvgIpc) is 3.78. The van der Waals surface area contributed by atoms with E-state index in [0.717, 1.165) is 17.6 Å². The third kappa shape index (κ3) is 14.3. The molecule has 0 bridgehead atoms. The van der Waals surface area contributed by atoms with Crippen molar-refractivity contribution in [2.75, 3.05) is 33.7 Å². The van der Waals surface area contributed by atoms with Crippen molar-refractivity contribution in [1.82, 2.24) is 46.3 Å². The maximum atomic E-state index is 15.0. The SMILES string of the molecule is CCC[C@H]1NC(=O)[C@H](Cc2cc(Cl)ccc2Cl)N(C)C(=O)[C@H](CC(C)C)NC(=O)[C@@H](N(C)C(=O)[C@H](CCCNC(=O)c2cocn2)NC(=O)[C@@H]2C[C@@H](F)CN2C(=O)C2(C(F)(F)F)CC2)CCCCNC1=O. The lowest BCUT2D eigenvalue weighted by Crippen LogP contribution is -2.60. The van der Waals surface area contributed by atoms with Gasteiger partial charge in [-0.15, -0.1) is 0 Å². The van der Waals surface area contributed by atoms with Gasteiger partial charge in [-0.1, -0.05) is 50.4 Å². The molecule has 8 amide bonds. The number of carbonyl (C=O) groups excluding carboxylic acids is 8. The highest BCUT2D eigenvalue weighted by Crippen LogP contribution is 2.59. The molecule has 5 N–H and O–H groups in total. The quantitative estimate of drug-likeness (QED) is 0.118. The maximum Gasteiger partial charge on any atom is 0.403 e. The van der Waals surface area contributed by atoms with Crippen LogP contribution in [0.5, 0.6) is 0 Å². The van der Waals surface area contributed by atoms with E-state index in [1.54, 1.807) is 18.2 Å². The number of rotatable bonds is 16. The van der Waals surface area contributed by atoms with E-state index < -0.39 is 127 Å². The molecule has 71 heavy (non-hydrogen) atoms. The van der Waals surface area contributed by atoms with Crippen molar-refractivity contribution in [1.29, 1.82) is 0 Å². The van der Waals surface area contributed by atoms with Crippen LogP contribution in [0.25, 0.3) is 0 Å². The van der Waals surface area contributed by atoms with Crippen LogP contribution in [-0.4, -0.2) is 149 Å². The van der Waals surface area contributed by atoms with Gasteiger partial charge in [0.05, 0.1) is 6.54 Å². The Labute approximate surface area is 419 Å². The van der Waals surface area contributed by atoms with Gasteiger partial charge in [0.25, 0.3) is 5.91 Å². The standard InChI is InChI=1S/C47H63Cl2F4N9O9/c1-6-10-31-38(63)54-17-8-7-12-35(40(65)59-33(19-26(2)3)44(69)61(5)36(41(66)57-31)21-27-20-28(48)13-14-30(27)49)60(4)43(68)32(11-9-18-55-39(64)34-24-71-25-56-34)58-42(67)37-22-29(50)23-62(37)45(70)46(15-16-46)47(51,52)53/h13-14,20,24-26,29,31-33,35-37H,6-12,15-19,21-23H2,1-5H3,(H,54,63)(H,55,64)(H,57,66)(H,58,67)(H,59,65)/t29-,31-,32+,33+,35+,36+,37+/m1/s1. The normalized spacial score (nSPS) is 23.9. The van der Waals surface area contributed by atoms with Crippen molar-refractivity contribution >= 4 is 70.5 Å². The molecule has 1 aromatic heterocycles. The smallest absolute Gasteiger partial charge is 0.403 e. The summed E-state index contributed by atoms with van der Waals surface area (Å²) in [7, 11) is 2.67. The first-order valence-corrected chi connectivity index (χ1v) is 24.6. The van der Waals surface area contributed by atoms with Gasteiger partial charge in [0.2, 0.25) is 41.4 Å². The lowest BCUT2D eigenvalue weighted by molar-refractivity contribution is -0.199. The number of benzene rings is 1. The minimum atomic E-state index is -4.94. The highest BCUT2D eigenvalue weighted by atomic mass is 35.5. The van der Waals surface area contributed by atoms with Crippen molar-refractivity contribution in [2.24, 2.45) is 11.3 Å². The van der Waals surface area contributed by atoms with E-state index >= 15 is 0 Å². The third-order valence-electron chi connectivity index (χ3n) is 13.1. The first-order valence-electron chi connectivity index (χ1n) is 23.8. The monoisotopic (exact) mass is 1040 g/mol. The fraction of sp³-hybridized carbons (Fsp3) is 0.638. The molecule has 24 heteroatoms. The Bertz CT molecular complexity index is 2250. The lowest BCUT2D eigenvalue weighted by Gasteiger charge is -2.35. The fourth-order valence-electron chi connectivity index (χ4n) is 8.92. The molecule has 0 unspecified atom stereocenters. The number of amides is 8. The van der Waals surface area contributed by atoms with Gasteiger partial charge in [-0.25, -0.2) is 9.37 Å². The summed E-state index contributed by atoms with van der Waals surface area (Å²) in [6.45, 7) is 4.73. The Morgan fingerprint density at radius 3 is 2.37 bits per heavy atom. The number of hydrogen-bond donors (Lipinski definition) is 5. The van der Waals surface area contributed by atoms with E-state index in [1.165, 1.54) is 19.0 Å². The largest absolute Gasteiger partial charge is 0.451 e. The topological polar surface area (TPSA) is 232 Å². The predicted molar refractivity (Wildman–Crippen MR) is 251 cm³/mol. The zero-order chi connectivity index (χ0) is 52.4. The van der Waals surface area contributed by atoms with Crippen molar-refractivity contribution in [3.63, 3.8) is 0 Å². The number of nitrogens with one attached hydrogen (secondary N) is 5. The number of likely N-dealkylation sites (tertiary alicyclic amines) is 1. The minimum Gasteiger partial charge on any atom is -0.451 e. The summed E-state index contributed by atoms with van der Waals surface area (Å²) in [6.07, 6.45) is -5.30. The van der Waals surface area contributed by atoms with Crippen molar-refractivity contribution in [3.05, 3.63) is 52.2 Å². The molecule has 5 rings (SSSR count). The van der Waals surface area contributed by atoms with Crippen LogP contribution in [-0.2, 0) is 40.0 Å². The summed E-state index contributed by atoms with van der Waals surface area (Å²) in [5, 5.41) is 14.1. The lowest BCUT2D eigenvalue weighted by atomic mass is 9.98. The van der Waals surface area contributed by atoms with E-state index in [0.29, 0.717) is 21.9 Å². The fourth-order valence-corrected chi connectivity index (χ4v) is 9.31. The molecule has 1 aromatic carbocycles. The van der Waals surface area contributed by atoms with Crippen LogP contribution in [0.3, 0.4) is 0 Å². The van der Waals surface area contributed by atoms with Crippen LogP contribution in [0.15, 0.2) is 35.3 Å². The van der Waals surface area contributed by atoms with Gasteiger partial charge in [0.1, 0.15) is 54.1 Å². The van der Waals surface area contributed by atoms with Crippen molar-refractivity contribution in [3.8, 4) is 0 Å². The zero-order valence-corrected chi connectivity index (χ0v) is 41.9. The molecule has 1 saturated carbocycles. The zero-order valence-electron chi connectivity index (χ0n) is 40.3. The second-order valence-electron chi connectivity index (χ2n) is 18.9. The van der Waals surface area contributed by atoms with Gasteiger partial charge in [-0.2, -0.15) is 13.2 Å². The highest BCUT2D eigenvalue weighted by molar-refractivity contribution is 6.33. The first kappa shape index (κ1) is 56.4. The summed E-state index contributed by atoms with van der Waals surface area (Å²) in [6, 6.07) is -3.43. The number of alkyl halides is 4. The Hall–Kier alpha value is -5.51.